The van der Waals surface area contributed by atoms with Gasteiger partial charge in [0.25, 0.3) is 0 Å². The molecule has 30 heavy (non-hydrogen) atoms. The number of phenols is 1. The van der Waals surface area contributed by atoms with E-state index in [2.05, 4.69) is 0 Å². The minimum absolute atomic E-state index is 0.116. The van der Waals surface area contributed by atoms with Gasteiger partial charge >= 0.3 is 0 Å². The Morgan fingerprint density at radius 2 is 1.83 bits per heavy atom. The summed E-state index contributed by atoms with van der Waals surface area (Å²) in [6.45, 7) is 7.66. The van der Waals surface area contributed by atoms with Crippen molar-refractivity contribution in [2.75, 3.05) is 32.9 Å². The van der Waals surface area contributed by atoms with Crippen molar-refractivity contribution in [2.24, 2.45) is 0 Å². The molecule has 2 heterocycles. The number of morpholine rings is 1. The first kappa shape index (κ1) is 20.3. The van der Waals surface area contributed by atoms with E-state index in [0.29, 0.717) is 60.2 Å². The molecule has 2 N–H and O–H groups in total. The molecular weight excluding hydrogens is 386 g/mol. The molecule has 0 saturated carbocycles. The lowest BCUT2D eigenvalue weighted by atomic mass is 10.1. The molecule has 3 aromatic rings. The van der Waals surface area contributed by atoms with Gasteiger partial charge in [0.15, 0.2) is 17.1 Å². The van der Waals surface area contributed by atoms with Gasteiger partial charge in [-0.3, -0.25) is 4.79 Å². The molecule has 0 radical (unpaired) electrons. The molecule has 7 heteroatoms. The third-order valence-corrected chi connectivity index (χ3v) is 5.25. The quantitative estimate of drug-likeness (QED) is 0.647. The predicted molar refractivity (Wildman–Crippen MR) is 112 cm³/mol. The van der Waals surface area contributed by atoms with Crippen molar-refractivity contribution in [1.82, 2.24) is 0 Å². The van der Waals surface area contributed by atoms with Crippen molar-refractivity contribution < 1.29 is 28.6 Å². The second kappa shape index (κ2) is 8.77. The number of quaternary nitrogens is 1. The largest absolute Gasteiger partial charge is 0.507 e. The molecule has 1 saturated heterocycles. The second-order valence-corrected chi connectivity index (χ2v) is 7.28. The molecule has 0 aliphatic carbocycles. The number of ether oxygens (including phenoxy) is 3. The molecule has 1 aliphatic rings. The Bertz CT molecular complexity index is 1100. The first-order chi connectivity index (χ1) is 14.6. The van der Waals surface area contributed by atoms with Crippen LogP contribution in [-0.4, -0.2) is 38.0 Å². The van der Waals surface area contributed by atoms with E-state index in [1.807, 2.05) is 19.1 Å². The van der Waals surface area contributed by atoms with Crippen molar-refractivity contribution in [3.05, 3.63) is 57.9 Å². The number of hydrogen-bond donors (Lipinski definition) is 2. The molecule has 0 atom stereocenters. The highest BCUT2D eigenvalue weighted by molar-refractivity contribution is 5.83. The molecule has 1 aliphatic heterocycles. The zero-order chi connectivity index (χ0) is 21.1. The average molecular weight is 412 g/mol. The summed E-state index contributed by atoms with van der Waals surface area (Å²) in [6.07, 6.45) is 0. The van der Waals surface area contributed by atoms with Gasteiger partial charge in [0.1, 0.15) is 31.1 Å². The van der Waals surface area contributed by atoms with E-state index in [-0.39, 0.29) is 16.9 Å². The molecule has 158 valence electrons. The number of nitrogens with one attached hydrogen (secondary N) is 1. The smallest absolute Gasteiger partial charge is 0.235 e. The molecule has 0 amide bonds. The molecule has 0 spiro atoms. The van der Waals surface area contributed by atoms with Crippen LogP contribution < -0.4 is 19.8 Å². The first-order valence-electron chi connectivity index (χ1n) is 10.2. The van der Waals surface area contributed by atoms with E-state index in [1.165, 1.54) is 4.90 Å². The Balaban J connectivity index is 1.75. The topological polar surface area (TPSA) is 82.6 Å². The van der Waals surface area contributed by atoms with E-state index >= 15 is 0 Å². The lowest BCUT2D eigenvalue weighted by Gasteiger charge is -2.24. The maximum atomic E-state index is 13.2. The van der Waals surface area contributed by atoms with Gasteiger partial charge in [-0.1, -0.05) is 12.1 Å². The number of aromatic hydroxyl groups is 1. The van der Waals surface area contributed by atoms with Gasteiger partial charge < -0.3 is 28.6 Å². The number of benzene rings is 2. The van der Waals surface area contributed by atoms with Gasteiger partial charge in [-0.15, -0.1) is 0 Å². The Morgan fingerprint density at radius 3 is 2.57 bits per heavy atom. The summed E-state index contributed by atoms with van der Waals surface area (Å²) in [6, 6.07) is 10.3. The maximum Gasteiger partial charge on any atom is 0.235 e. The van der Waals surface area contributed by atoms with Crippen LogP contribution in [0.25, 0.3) is 11.0 Å². The van der Waals surface area contributed by atoms with Crippen LogP contribution in [0.3, 0.4) is 0 Å². The molecular formula is C23H26NO6+. The zero-order valence-corrected chi connectivity index (χ0v) is 17.2. The Hall–Kier alpha value is -3.03. The van der Waals surface area contributed by atoms with Crippen molar-refractivity contribution >= 4 is 11.0 Å². The molecule has 4 rings (SSSR count). The van der Waals surface area contributed by atoms with Gasteiger partial charge in [-0.05, 0) is 38.1 Å². The van der Waals surface area contributed by atoms with Gasteiger partial charge in [-0.25, -0.2) is 0 Å². The first-order valence-corrected chi connectivity index (χ1v) is 10.2. The molecule has 2 aromatic carbocycles. The van der Waals surface area contributed by atoms with Gasteiger partial charge in [-0.2, -0.15) is 0 Å². The summed E-state index contributed by atoms with van der Waals surface area (Å²) in [7, 11) is 0. The van der Waals surface area contributed by atoms with E-state index in [4.69, 9.17) is 18.6 Å². The van der Waals surface area contributed by atoms with Crippen LogP contribution in [0.2, 0.25) is 0 Å². The number of aryl methyl sites for hydroxylation is 1. The monoisotopic (exact) mass is 412 g/mol. The van der Waals surface area contributed by atoms with Crippen LogP contribution in [0.1, 0.15) is 18.2 Å². The maximum absolute atomic E-state index is 13.2. The van der Waals surface area contributed by atoms with Crippen LogP contribution in [-0.2, 0) is 11.3 Å². The van der Waals surface area contributed by atoms with Gasteiger partial charge in [0, 0.05) is 0 Å². The van der Waals surface area contributed by atoms with Gasteiger partial charge in [0.2, 0.25) is 11.2 Å². The fraction of sp³-hybridized carbons (Fsp3) is 0.348. The van der Waals surface area contributed by atoms with Crippen LogP contribution in [0.4, 0.5) is 0 Å². The SMILES string of the molecule is CCOc1ccccc1Oc1c(C)oc2c(C[NH+]3CCOCC3)c(O)ccc2c1=O. The van der Waals surface area contributed by atoms with Gasteiger partial charge in [0.05, 0.1) is 30.8 Å². The van der Waals surface area contributed by atoms with Crippen LogP contribution >= 0.6 is 0 Å². The summed E-state index contributed by atoms with van der Waals surface area (Å²) >= 11 is 0. The third-order valence-electron chi connectivity index (χ3n) is 5.25. The zero-order valence-electron chi connectivity index (χ0n) is 17.2. The summed E-state index contributed by atoms with van der Waals surface area (Å²) in [4.78, 5) is 14.5. The van der Waals surface area contributed by atoms with Crippen molar-refractivity contribution in [2.45, 2.75) is 20.4 Å². The predicted octanol–water partition coefficient (Wildman–Crippen LogP) is 2.41. The summed E-state index contributed by atoms with van der Waals surface area (Å²) in [5, 5.41) is 10.8. The lowest BCUT2D eigenvalue weighted by molar-refractivity contribution is -0.921. The summed E-state index contributed by atoms with van der Waals surface area (Å²) in [5.74, 6) is 1.60. The van der Waals surface area contributed by atoms with Crippen molar-refractivity contribution in [3.8, 4) is 23.0 Å². The third kappa shape index (κ3) is 3.99. The van der Waals surface area contributed by atoms with Crippen LogP contribution in [0.5, 0.6) is 23.0 Å². The number of fused-ring (bicyclic) bond motifs is 1. The Kier molecular flexibility index (Phi) is 5.92. The molecule has 1 aromatic heterocycles. The highest BCUT2D eigenvalue weighted by Crippen LogP contribution is 2.34. The highest BCUT2D eigenvalue weighted by Gasteiger charge is 2.23. The molecule has 0 bridgehead atoms. The van der Waals surface area contributed by atoms with Crippen molar-refractivity contribution in [1.29, 1.82) is 0 Å². The highest BCUT2D eigenvalue weighted by atomic mass is 16.5. The number of phenolic OH excluding ortho intramolecular Hbond substituents is 1. The molecule has 1 fully saturated rings. The van der Waals surface area contributed by atoms with E-state index in [9.17, 15) is 9.90 Å². The number of para-hydroxylation sites is 2. The summed E-state index contributed by atoms with van der Waals surface area (Å²) < 4.78 is 23.0. The molecule has 0 unspecified atom stereocenters. The minimum Gasteiger partial charge on any atom is -0.507 e. The Morgan fingerprint density at radius 1 is 1.10 bits per heavy atom. The standard InChI is InChI=1S/C23H25NO6/c1-3-28-19-6-4-5-7-20(19)30-22-15(2)29-23-16(21(22)26)8-9-18(25)17(23)14-24-10-12-27-13-11-24/h4-9,25H,3,10-14H2,1-2H3/p+1. The number of hydrogen-bond acceptors (Lipinski definition) is 6. The fourth-order valence-electron chi connectivity index (χ4n) is 3.69. The normalized spacial score (nSPS) is 14.7. The van der Waals surface area contributed by atoms with Crippen LogP contribution in [0, 0.1) is 6.92 Å². The molecule has 7 nitrogen and oxygen atoms in total. The average Bonchev–Trinajstić information content (AvgIpc) is 2.75. The number of rotatable bonds is 6. The van der Waals surface area contributed by atoms with Crippen LogP contribution in [0.15, 0.2) is 45.6 Å². The van der Waals surface area contributed by atoms with E-state index in [1.54, 1.807) is 31.2 Å². The fourth-order valence-corrected chi connectivity index (χ4v) is 3.69. The van der Waals surface area contributed by atoms with E-state index in [0.717, 1.165) is 13.1 Å². The van der Waals surface area contributed by atoms with E-state index < -0.39 is 0 Å². The minimum atomic E-state index is -0.279. The Labute approximate surface area is 174 Å². The lowest BCUT2D eigenvalue weighted by Crippen LogP contribution is -3.12. The second-order valence-electron chi connectivity index (χ2n) is 7.28. The van der Waals surface area contributed by atoms with Crippen molar-refractivity contribution in [3.63, 3.8) is 0 Å². The summed E-state index contributed by atoms with van der Waals surface area (Å²) in [5.41, 5.74) is 0.756.